The first kappa shape index (κ1) is 21.5. The average Bonchev–Trinajstić information content (AvgIpc) is 2.72. The topological polar surface area (TPSA) is 27.7 Å². The highest BCUT2D eigenvalue weighted by Crippen LogP contribution is 2.35. The summed E-state index contributed by atoms with van der Waals surface area (Å²) in [5.41, 5.74) is 0.251. The molecule has 1 saturated heterocycles. The summed E-state index contributed by atoms with van der Waals surface area (Å²) < 4.78 is 45.3. The summed E-state index contributed by atoms with van der Waals surface area (Å²) >= 11 is 0. The highest BCUT2D eigenvalue weighted by Gasteiger charge is 2.31. The molecule has 1 heterocycles. The number of halogens is 2. The van der Waals surface area contributed by atoms with Crippen LogP contribution in [0.4, 0.5) is 8.78 Å². The van der Waals surface area contributed by atoms with E-state index in [0.29, 0.717) is 18.6 Å². The maximum absolute atomic E-state index is 14.2. The minimum Gasteiger partial charge on any atom is -0.491 e. The molecule has 1 saturated carbocycles. The maximum atomic E-state index is 14.2. The van der Waals surface area contributed by atoms with E-state index in [0.717, 1.165) is 38.2 Å². The van der Waals surface area contributed by atoms with Crippen molar-refractivity contribution in [1.82, 2.24) is 0 Å². The molecule has 3 nitrogen and oxygen atoms in total. The van der Waals surface area contributed by atoms with Crippen LogP contribution in [0.2, 0.25) is 0 Å². The van der Waals surface area contributed by atoms with E-state index in [2.05, 4.69) is 6.92 Å². The first-order valence-corrected chi connectivity index (χ1v) is 10.9. The van der Waals surface area contributed by atoms with E-state index in [1.165, 1.54) is 31.7 Å². The van der Waals surface area contributed by atoms with Crippen molar-refractivity contribution in [3.8, 4) is 5.75 Å². The Labute approximate surface area is 167 Å². The Balaban J connectivity index is 1.42. The van der Waals surface area contributed by atoms with Gasteiger partial charge in [-0.3, -0.25) is 0 Å². The Kier molecular flexibility index (Phi) is 8.10. The number of ether oxygens (including phenoxy) is 3. The molecule has 158 valence electrons. The third-order valence-corrected chi connectivity index (χ3v) is 6.25. The second kappa shape index (κ2) is 10.5. The molecule has 5 heteroatoms. The highest BCUT2D eigenvalue weighted by molar-refractivity contribution is 5.30. The van der Waals surface area contributed by atoms with Gasteiger partial charge in [-0.2, -0.15) is 4.39 Å². The van der Waals surface area contributed by atoms with Crippen LogP contribution in [-0.4, -0.2) is 25.4 Å². The standard InChI is InChI=1S/C23H34F2O3/c1-3-5-16-6-12-20(28-14-16)17-7-10-19(11-8-17)27-15-18-9-13-21(26-4-2)23(25)22(18)24/h9,13,16-17,19-20H,3-8,10-12,14-15H2,1-2H3. The Morgan fingerprint density at radius 1 is 1.00 bits per heavy atom. The zero-order valence-corrected chi connectivity index (χ0v) is 17.2. The highest BCUT2D eigenvalue weighted by atomic mass is 19.2. The fourth-order valence-corrected chi connectivity index (χ4v) is 4.62. The van der Waals surface area contributed by atoms with Gasteiger partial charge >= 0.3 is 0 Å². The van der Waals surface area contributed by atoms with Crippen molar-refractivity contribution in [2.75, 3.05) is 13.2 Å². The molecule has 0 spiro atoms. The lowest BCUT2D eigenvalue weighted by Gasteiger charge is -2.37. The van der Waals surface area contributed by atoms with E-state index in [4.69, 9.17) is 14.2 Å². The molecule has 1 aliphatic carbocycles. The Morgan fingerprint density at radius 2 is 1.79 bits per heavy atom. The molecule has 0 aromatic heterocycles. The van der Waals surface area contributed by atoms with Crippen molar-refractivity contribution in [3.63, 3.8) is 0 Å². The molecule has 28 heavy (non-hydrogen) atoms. The molecule has 2 fully saturated rings. The third kappa shape index (κ3) is 5.44. The summed E-state index contributed by atoms with van der Waals surface area (Å²) in [6.07, 6.45) is 9.59. The van der Waals surface area contributed by atoms with E-state index in [1.807, 2.05) is 0 Å². The van der Waals surface area contributed by atoms with Gasteiger partial charge in [0.1, 0.15) is 0 Å². The summed E-state index contributed by atoms with van der Waals surface area (Å²) in [6.45, 7) is 5.30. The Hall–Kier alpha value is -1.20. The van der Waals surface area contributed by atoms with E-state index in [9.17, 15) is 8.78 Å². The molecule has 0 N–H and O–H groups in total. The van der Waals surface area contributed by atoms with Gasteiger partial charge in [-0.15, -0.1) is 0 Å². The van der Waals surface area contributed by atoms with Crippen LogP contribution < -0.4 is 4.74 Å². The first-order chi connectivity index (χ1) is 13.6. The van der Waals surface area contributed by atoms with Crippen LogP contribution >= 0.6 is 0 Å². The van der Waals surface area contributed by atoms with Gasteiger partial charge in [0.15, 0.2) is 11.6 Å². The molecule has 0 radical (unpaired) electrons. The van der Waals surface area contributed by atoms with Crippen molar-refractivity contribution in [2.24, 2.45) is 11.8 Å². The molecule has 0 bridgehead atoms. The van der Waals surface area contributed by atoms with Crippen molar-refractivity contribution < 1.29 is 23.0 Å². The van der Waals surface area contributed by atoms with Gasteiger partial charge in [0.2, 0.25) is 5.82 Å². The second-order valence-corrected chi connectivity index (χ2v) is 8.24. The summed E-state index contributed by atoms with van der Waals surface area (Å²) in [7, 11) is 0. The Bertz CT molecular complexity index is 606. The van der Waals surface area contributed by atoms with Crippen molar-refractivity contribution >= 4 is 0 Å². The molecule has 3 rings (SSSR count). The largest absolute Gasteiger partial charge is 0.491 e. The summed E-state index contributed by atoms with van der Waals surface area (Å²) in [5, 5.41) is 0. The van der Waals surface area contributed by atoms with E-state index < -0.39 is 11.6 Å². The minimum atomic E-state index is -0.928. The lowest BCUT2D eigenvalue weighted by atomic mass is 9.80. The summed E-state index contributed by atoms with van der Waals surface area (Å²) in [5.74, 6) is -0.482. The van der Waals surface area contributed by atoms with E-state index >= 15 is 0 Å². The van der Waals surface area contributed by atoms with Crippen molar-refractivity contribution in [3.05, 3.63) is 29.3 Å². The lowest BCUT2D eigenvalue weighted by molar-refractivity contribution is -0.0726. The zero-order chi connectivity index (χ0) is 19.9. The van der Waals surface area contributed by atoms with Gasteiger partial charge in [0.05, 0.1) is 25.4 Å². The zero-order valence-electron chi connectivity index (χ0n) is 17.2. The van der Waals surface area contributed by atoms with Crippen LogP contribution in [0.25, 0.3) is 0 Å². The first-order valence-electron chi connectivity index (χ1n) is 10.9. The van der Waals surface area contributed by atoms with Gasteiger partial charge in [-0.25, -0.2) is 4.39 Å². The quantitative estimate of drug-likeness (QED) is 0.537. The van der Waals surface area contributed by atoms with Crippen LogP contribution in [0.1, 0.15) is 70.8 Å². The summed E-state index contributed by atoms with van der Waals surface area (Å²) in [4.78, 5) is 0. The number of hydrogen-bond donors (Lipinski definition) is 0. The predicted molar refractivity (Wildman–Crippen MR) is 105 cm³/mol. The average molecular weight is 397 g/mol. The van der Waals surface area contributed by atoms with Crippen LogP contribution in [0.3, 0.4) is 0 Å². The fourth-order valence-electron chi connectivity index (χ4n) is 4.62. The van der Waals surface area contributed by atoms with Gasteiger partial charge in [-0.05, 0) is 75.8 Å². The van der Waals surface area contributed by atoms with Gasteiger partial charge in [0.25, 0.3) is 0 Å². The van der Waals surface area contributed by atoms with E-state index in [1.54, 1.807) is 13.0 Å². The molecular weight excluding hydrogens is 362 g/mol. The molecule has 1 aromatic rings. The molecular formula is C23H34F2O3. The second-order valence-electron chi connectivity index (χ2n) is 8.24. The van der Waals surface area contributed by atoms with Crippen LogP contribution in [0, 0.1) is 23.5 Å². The third-order valence-electron chi connectivity index (χ3n) is 6.25. The normalized spacial score (nSPS) is 28.3. The Morgan fingerprint density at radius 3 is 2.43 bits per heavy atom. The fraction of sp³-hybridized carbons (Fsp3) is 0.739. The number of hydrogen-bond acceptors (Lipinski definition) is 3. The van der Waals surface area contributed by atoms with Crippen LogP contribution in [-0.2, 0) is 16.1 Å². The lowest BCUT2D eigenvalue weighted by Crippen LogP contribution is -2.35. The molecule has 0 amide bonds. The van der Waals surface area contributed by atoms with E-state index in [-0.39, 0.29) is 24.0 Å². The van der Waals surface area contributed by atoms with Gasteiger partial charge in [-0.1, -0.05) is 13.3 Å². The molecule has 2 aliphatic rings. The predicted octanol–water partition coefficient (Wildman–Crippen LogP) is 6.03. The smallest absolute Gasteiger partial charge is 0.200 e. The molecule has 1 aliphatic heterocycles. The van der Waals surface area contributed by atoms with Crippen molar-refractivity contribution in [2.45, 2.75) is 84.0 Å². The van der Waals surface area contributed by atoms with Gasteiger partial charge < -0.3 is 14.2 Å². The monoisotopic (exact) mass is 396 g/mol. The summed E-state index contributed by atoms with van der Waals surface area (Å²) in [6, 6.07) is 3.03. The molecule has 2 unspecified atom stereocenters. The minimum absolute atomic E-state index is 0.0436. The maximum Gasteiger partial charge on any atom is 0.200 e. The van der Waals surface area contributed by atoms with Crippen molar-refractivity contribution in [1.29, 1.82) is 0 Å². The number of benzene rings is 1. The molecule has 1 aromatic carbocycles. The number of rotatable bonds is 8. The molecule has 2 atom stereocenters. The van der Waals surface area contributed by atoms with Crippen LogP contribution in [0.5, 0.6) is 5.75 Å². The van der Waals surface area contributed by atoms with Gasteiger partial charge in [0, 0.05) is 12.2 Å². The SMILES string of the molecule is CCCC1CCC(C2CCC(OCc3ccc(OCC)c(F)c3F)CC2)OC1. The van der Waals surface area contributed by atoms with Crippen LogP contribution in [0.15, 0.2) is 12.1 Å².